The molecule has 0 fully saturated rings. The number of fused-ring (bicyclic) bond motifs is 18. The van der Waals surface area contributed by atoms with Crippen LogP contribution in [0.15, 0.2) is 261 Å². The van der Waals surface area contributed by atoms with Gasteiger partial charge in [0.15, 0.2) is 0 Å². The van der Waals surface area contributed by atoms with E-state index in [0.717, 1.165) is 67.9 Å². The molecule has 11 aromatic carbocycles. The minimum Gasteiger partial charge on any atom is -0.457 e. The van der Waals surface area contributed by atoms with Crippen molar-refractivity contribution in [3.8, 4) is 67.5 Å². The van der Waals surface area contributed by atoms with Gasteiger partial charge in [0.25, 0.3) is 0 Å². The molecular formula is C68H43NO2. The van der Waals surface area contributed by atoms with Crippen molar-refractivity contribution in [2.75, 3.05) is 4.90 Å². The molecule has 71 heavy (non-hydrogen) atoms. The summed E-state index contributed by atoms with van der Waals surface area (Å²) in [6.45, 7) is 0. The van der Waals surface area contributed by atoms with Crippen LogP contribution in [0.2, 0.25) is 0 Å². The third-order valence-corrected chi connectivity index (χ3v) is 15.6. The molecule has 4 aliphatic rings. The van der Waals surface area contributed by atoms with Crippen LogP contribution in [0.5, 0.6) is 23.0 Å². The molecule has 0 radical (unpaired) electrons. The van der Waals surface area contributed by atoms with Gasteiger partial charge in [-0.3, -0.25) is 0 Å². The van der Waals surface area contributed by atoms with E-state index >= 15 is 0 Å². The molecule has 2 aliphatic carbocycles. The fourth-order valence-corrected chi connectivity index (χ4v) is 12.8. The van der Waals surface area contributed by atoms with Crippen LogP contribution in [0.4, 0.5) is 17.1 Å². The molecule has 0 saturated carbocycles. The van der Waals surface area contributed by atoms with E-state index in [1.54, 1.807) is 0 Å². The Bertz CT molecular complexity index is 3870. The van der Waals surface area contributed by atoms with Crippen molar-refractivity contribution in [3.05, 3.63) is 305 Å². The Kier molecular flexibility index (Phi) is 8.49. The van der Waals surface area contributed by atoms with E-state index in [-0.39, 0.29) is 0 Å². The first-order valence-electron chi connectivity index (χ1n) is 24.5. The van der Waals surface area contributed by atoms with Gasteiger partial charge in [0.1, 0.15) is 23.0 Å². The Morgan fingerprint density at radius 3 is 1.25 bits per heavy atom. The van der Waals surface area contributed by atoms with E-state index < -0.39 is 10.8 Å². The zero-order chi connectivity index (χ0) is 46.7. The maximum atomic E-state index is 6.76. The highest BCUT2D eigenvalue weighted by Gasteiger charge is 2.53. The van der Waals surface area contributed by atoms with Crippen LogP contribution in [0.1, 0.15) is 44.5 Å². The van der Waals surface area contributed by atoms with Crippen LogP contribution in [0.3, 0.4) is 0 Å². The first-order chi connectivity index (χ1) is 35.2. The normalized spacial score (nSPS) is 14.1. The average Bonchev–Trinajstić information content (AvgIpc) is 3.91. The Hall–Kier alpha value is -9.18. The molecule has 0 N–H and O–H groups in total. The summed E-state index contributed by atoms with van der Waals surface area (Å²) in [5, 5.41) is 0. The van der Waals surface area contributed by atoms with Crippen LogP contribution in [0, 0.1) is 0 Å². The lowest BCUT2D eigenvalue weighted by Gasteiger charge is -2.40. The average molecular weight is 906 g/mol. The molecule has 0 bridgehead atoms. The molecular weight excluding hydrogens is 863 g/mol. The third-order valence-electron chi connectivity index (χ3n) is 15.6. The third kappa shape index (κ3) is 5.49. The van der Waals surface area contributed by atoms with Gasteiger partial charge in [0, 0.05) is 39.2 Å². The monoisotopic (exact) mass is 905 g/mol. The van der Waals surface area contributed by atoms with Gasteiger partial charge in [-0.25, -0.2) is 0 Å². The minimum atomic E-state index is -0.627. The van der Waals surface area contributed by atoms with Crippen molar-refractivity contribution in [2.45, 2.75) is 10.8 Å². The summed E-state index contributed by atoms with van der Waals surface area (Å²) in [5.74, 6) is 3.51. The minimum absolute atomic E-state index is 0.619. The summed E-state index contributed by atoms with van der Waals surface area (Å²) in [5.41, 5.74) is 21.1. The standard InChI is InChI=1S/C68H43NO2/c1-2-18-44(19-3-1)46-20-16-21-47(42-46)45-36-38-48(39-37-45)69(49-40-41-51-50-22-4-6-24-53(50)68(60(51)43-49)57-28-10-14-34-64(57)71-65-35-15-11-29-58(65)68)61-31-17-30-59-66(61)52-23-5-7-25-54(52)67(59)55-26-8-12-32-62(55)70-63-33-13-9-27-56(63)67/h1-43H. The Balaban J connectivity index is 0.996. The predicted molar refractivity (Wildman–Crippen MR) is 287 cm³/mol. The van der Waals surface area contributed by atoms with Crippen molar-refractivity contribution < 1.29 is 9.47 Å². The van der Waals surface area contributed by atoms with Gasteiger partial charge in [0.05, 0.1) is 16.5 Å². The van der Waals surface area contributed by atoms with E-state index in [2.05, 4.69) is 266 Å². The van der Waals surface area contributed by atoms with Crippen molar-refractivity contribution >= 4 is 17.1 Å². The summed E-state index contributed by atoms with van der Waals surface area (Å²) in [6.07, 6.45) is 0. The summed E-state index contributed by atoms with van der Waals surface area (Å²) in [7, 11) is 0. The van der Waals surface area contributed by atoms with Gasteiger partial charge < -0.3 is 14.4 Å². The Morgan fingerprint density at radius 1 is 0.254 bits per heavy atom. The number of rotatable bonds is 5. The second-order valence-electron chi connectivity index (χ2n) is 19.0. The predicted octanol–water partition coefficient (Wildman–Crippen LogP) is 17.4. The highest BCUT2D eigenvalue weighted by molar-refractivity contribution is 5.99. The van der Waals surface area contributed by atoms with Crippen molar-refractivity contribution in [3.63, 3.8) is 0 Å². The quantitative estimate of drug-likeness (QED) is 0.172. The summed E-state index contributed by atoms with van der Waals surface area (Å²) in [4.78, 5) is 2.50. The summed E-state index contributed by atoms with van der Waals surface area (Å²) in [6, 6.07) is 95.2. The molecule has 11 aromatic rings. The smallest absolute Gasteiger partial charge is 0.132 e. The van der Waals surface area contributed by atoms with Gasteiger partial charge in [-0.15, -0.1) is 0 Å². The van der Waals surface area contributed by atoms with E-state index in [0.29, 0.717) is 0 Å². The lowest BCUT2D eigenvalue weighted by Crippen LogP contribution is -2.32. The lowest BCUT2D eigenvalue weighted by molar-refractivity contribution is 0.436. The van der Waals surface area contributed by atoms with E-state index in [1.807, 2.05) is 0 Å². The van der Waals surface area contributed by atoms with Crippen molar-refractivity contribution in [1.82, 2.24) is 0 Å². The van der Waals surface area contributed by atoms with Crippen LogP contribution in [0.25, 0.3) is 44.5 Å². The molecule has 2 spiro atoms. The van der Waals surface area contributed by atoms with Gasteiger partial charge >= 0.3 is 0 Å². The molecule has 2 heterocycles. The van der Waals surface area contributed by atoms with Crippen LogP contribution in [-0.4, -0.2) is 0 Å². The van der Waals surface area contributed by atoms with Gasteiger partial charge in [-0.2, -0.15) is 0 Å². The van der Waals surface area contributed by atoms with Gasteiger partial charge in [-0.1, -0.05) is 200 Å². The number of para-hydroxylation sites is 4. The van der Waals surface area contributed by atoms with Gasteiger partial charge in [0.2, 0.25) is 0 Å². The number of hydrogen-bond acceptors (Lipinski definition) is 3. The first-order valence-corrected chi connectivity index (χ1v) is 24.5. The SMILES string of the molecule is c1ccc(-c2cccc(-c3ccc(N(c4ccc5c(c4)C4(c6ccccc6Oc6ccccc64)c4ccccc4-5)c4cccc5c4-c4ccccc4C54c5ccccc5Oc5ccccc54)cc3)c2)cc1. The molecule has 0 aromatic heterocycles. The first kappa shape index (κ1) is 39.8. The van der Waals surface area contributed by atoms with Crippen molar-refractivity contribution in [2.24, 2.45) is 0 Å². The maximum absolute atomic E-state index is 6.76. The molecule has 0 atom stereocenters. The Morgan fingerprint density at radius 2 is 0.662 bits per heavy atom. The number of anilines is 3. The fourth-order valence-electron chi connectivity index (χ4n) is 12.8. The molecule has 2 aliphatic heterocycles. The molecule has 332 valence electrons. The van der Waals surface area contributed by atoms with E-state index in [9.17, 15) is 0 Å². The summed E-state index contributed by atoms with van der Waals surface area (Å²) >= 11 is 0. The zero-order valence-electron chi connectivity index (χ0n) is 38.6. The second kappa shape index (κ2) is 15.2. The molecule has 3 nitrogen and oxygen atoms in total. The topological polar surface area (TPSA) is 21.7 Å². The molecule has 3 heteroatoms. The molecule has 15 rings (SSSR count). The highest BCUT2D eigenvalue weighted by atomic mass is 16.5. The maximum Gasteiger partial charge on any atom is 0.132 e. The van der Waals surface area contributed by atoms with Crippen LogP contribution < -0.4 is 14.4 Å². The molecule has 0 unspecified atom stereocenters. The van der Waals surface area contributed by atoms with E-state index in [4.69, 9.17) is 9.47 Å². The molecule has 0 saturated heterocycles. The number of benzene rings is 11. The van der Waals surface area contributed by atoms with E-state index in [1.165, 1.54) is 61.2 Å². The lowest BCUT2D eigenvalue weighted by atomic mass is 9.66. The van der Waals surface area contributed by atoms with Gasteiger partial charge in [-0.05, 0) is 122 Å². The zero-order valence-corrected chi connectivity index (χ0v) is 38.6. The Labute approximate surface area is 413 Å². The highest BCUT2D eigenvalue weighted by Crippen LogP contribution is 2.66. The number of ether oxygens (including phenoxy) is 2. The fraction of sp³-hybridized carbons (Fsp3) is 0.0294. The van der Waals surface area contributed by atoms with Crippen LogP contribution >= 0.6 is 0 Å². The number of hydrogen-bond donors (Lipinski definition) is 0. The molecule has 0 amide bonds. The largest absolute Gasteiger partial charge is 0.457 e. The summed E-state index contributed by atoms with van der Waals surface area (Å²) < 4.78 is 13.5. The number of nitrogens with zero attached hydrogens (tertiary/aromatic N) is 1. The second-order valence-corrected chi connectivity index (χ2v) is 19.0. The van der Waals surface area contributed by atoms with Crippen molar-refractivity contribution in [1.29, 1.82) is 0 Å². The van der Waals surface area contributed by atoms with Crippen LogP contribution in [-0.2, 0) is 10.8 Å².